The molecule has 0 amide bonds. The van der Waals surface area contributed by atoms with Crippen molar-refractivity contribution in [2.45, 2.75) is 24.2 Å². The van der Waals surface area contributed by atoms with Crippen LogP contribution in [-0.2, 0) is 10.8 Å². The van der Waals surface area contributed by atoms with E-state index in [9.17, 15) is 0 Å². The van der Waals surface area contributed by atoms with E-state index in [2.05, 4.69) is 122 Å². The Labute approximate surface area is 167 Å². The highest BCUT2D eigenvalue weighted by atomic mass is 14.7. The van der Waals surface area contributed by atoms with Gasteiger partial charge in [0.25, 0.3) is 0 Å². The van der Waals surface area contributed by atoms with Gasteiger partial charge < -0.3 is 0 Å². The average Bonchev–Trinajstić information content (AvgIpc) is 3.49. The molecule has 0 spiro atoms. The van der Waals surface area contributed by atoms with E-state index in [0.717, 1.165) is 6.42 Å². The van der Waals surface area contributed by atoms with Crippen LogP contribution < -0.4 is 0 Å². The molecule has 5 rings (SSSR count). The molecule has 0 radical (unpaired) electrons. The first-order chi connectivity index (χ1) is 13.8. The third-order valence-electron chi connectivity index (χ3n) is 6.48. The van der Waals surface area contributed by atoms with Gasteiger partial charge in [-0.3, -0.25) is 0 Å². The Morgan fingerprint density at radius 1 is 0.429 bits per heavy atom. The number of aryl methyl sites for hydroxylation is 1. The molecule has 0 bridgehead atoms. The van der Waals surface area contributed by atoms with Crippen LogP contribution in [0, 0.1) is 6.92 Å². The van der Waals surface area contributed by atoms with E-state index in [1.807, 2.05) is 0 Å². The van der Waals surface area contributed by atoms with Gasteiger partial charge in [-0.25, -0.2) is 0 Å². The fourth-order valence-corrected chi connectivity index (χ4v) is 5.09. The van der Waals surface area contributed by atoms with Crippen molar-refractivity contribution in [3.8, 4) is 0 Å². The van der Waals surface area contributed by atoms with Crippen LogP contribution >= 0.6 is 0 Å². The summed E-state index contributed by atoms with van der Waals surface area (Å²) in [4.78, 5) is 0. The first-order valence-corrected chi connectivity index (χ1v) is 10.0. The van der Waals surface area contributed by atoms with E-state index in [1.165, 1.54) is 27.8 Å². The first-order valence-electron chi connectivity index (χ1n) is 10.0. The van der Waals surface area contributed by atoms with Crippen LogP contribution in [-0.4, -0.2) is 0 Å². The zero-order chi connectivity index (χ0) is 19.0. The summed E-state index contributed by atoms with van der Waals surface area (Å²) in [5.41, 5.74) is 6.79. The molecule has 0 N–H and O–H groups in total. The van der Waals surface area contributed by atoms with Gasteiger partial charge in [0.15, 0.2) is 0 Å². The third kappa shape index (κ3) is 2.38. The number of hydrogen-bond acceptors (Lipinski definition) is 0. The molecule has 4 aromatic carbocycles. The smallest absolute Gasteiger partial charge is 0.0352 e. The molecular formula is C28H24. The summed E-state index contributed by atoms with van der Waals surface area (Å²) in [6.45, 7) is 2.16. The summed E-state index contributed by atoms with van der Waals surface area (Å²) in [5, 5.41) is 0. The van der Waals surface area contributed by atoms with Crippen LogP contribution in [0.3, 0.4) is 0 Å². The van der Waals surface area contributed by atoms with Crippen LogP contribution in [0.5, 0.6) is 0 Å². The summed E-state index contributed by atoms with van der Waals surface area (Å²) in [6.07, 6.45) is 1.08. The normalized spacial score (nSPS) is 19.9. The van der Waals surface area contributed by atoms with E-state index in [0.29, 0.717) is 0 Å². The van der Waals surface area contributed by atoms with E-state index in [-0.39, 0.29) is 10.8 Å². The molecule has 1 unspecified atom stereocenters. The number of benzene rings is 4. The minimum Gasteiger partial charge on any atom is -0.0622 e. The van der Waals surface area contributed by atoms with Crippen molar-refractivity contribution >= 4 is 0 Å². The monoisotopic (exact) mass is 360 g/mol. The molecule has 28 heavy (non-hydrogen) atoms. The Balaban J connectivity index is 1.81. The summed E-state index contributed by atoms with van der Waals surface area (Å²) in [7, 11) is 0. The molecule has 1 aliphatic rings. The lowest BCUT2D eigenvalue weighted by atomic mass is 9.74. The van der Waals surface area contributed by atoms with Crippen molar-refractivity contribution in [1.29, 1.82) is 0 Å². The maximum atomic E-state index is 2.33. The van der Waals surface area contributed by atoms with Crippen LogP contribution in [0.25, 0.3) is 0 Å². The Hall–Kier alpha value is -3.12. The molecular weight excluding hydrogens is 336 g/mol. The Kier molecular flexibility index (Phi) is 3.94. The molecule has 0 aromatic heterocycles. The Morgan fingerprint density at radius 3 is 1.11 bits per heavy atom. The Bertz CT molecular complexity index is 1020. The largest absolute Gasteiger partial charge is 0.0622 e. The maximum absolute atomic E-state index is 2.33. The summed E-state index contributed by atoms with van der Waals surface area (Å²) >= 11 is 0. The van der Waals surface area contributed by atoms with Crippen molar-refractivity contribution in [3.63, 3.8) is 0 Å². The van der Waals surface area contributed by atoms with Gasteiger partial charge in [0.1, 0.15) is 0 Å². The topological polar surface area (TPSA) is 0 Å². The third-order valence-corrected chi connectivity index (χ3v) is 6.48. The van der Waals surface area contributed by atoms with E-state index in [4.69, 9.17) is 0 Å². The second-order valence-electron chi connectivity index (χ2n) is 7.95. The average molecular weight is 361 g/mol. The van der Waals surface area contributed by atoms with Crippen molar-refractivity contribution in [3.05, 3.63) is 143 Å². The van der Waals surface area contributed by atoms with Crippen LogP contribution in [0.15, 0.2) is 115 Å². The highest BCUT2D eigenvalue weighted by Gasteiger charge is 2.70. The molecule has 1 atom stereocenters. The van der Waals surface area contributed by atoms with Crippen molar-refractivity contribution in [2.24, 2.45) is 0 Å². The van der Waals surface area contributed by atoms with Crippen LogP contribution in [0.2, 0.25) is 0 Å². The molecule has 0 aliphatic heterocycles. The predicted molar refractivity (Wildman–Crippen MR) is 117 cm³/mol. The fourth-order valence-electron chi connectivity index (χ4n) is 5.09. The van der Waals surface area contributed by atoms with Crippen molar-refractivity contribution < 1.29 is 0 Å². The fraction of sp³-hybridized carbons (Fsp3) is 0.143. The molecule has 0 nitrogen and oxygen atoms in total. The molecule has 136 valence electrons. The van der Waals surface area contributed by atoms with Crippen molar-refractivity contribution in [1.82, 2.24) is 0 Å². The van der Waals surface area contributed by atoms with Gasteiger partial charge in [0.2, 0.25) is 0 Å². The van der Waals surface area contributed by atoms with Gasteiger partial charge >= 0.3 is 0 Å². The number of hydrogen-bond donors (Lipinski definition) is 0. The zero-order valence-corrected chi connectivity index (χ0v) is 16.2. The van der Waals surface area contributed by atoms with Crippen LogP contribution in [0.1, 0.15) is 34.2 Å². The highest BCUT2D eigenvalue weighted by Crippen LogP contribution is 2.71. The van der Waals surface area contributed by atoms with Gasteiger partial charge in [-0.2, -0.15) is 0 Å². The van der Waals surface area contributed by atoms with Crippen molar-refractivity contribution in [2.75, 3.05) is 0 Å². The SMILES string of the molecule is Cc1ccc(C2(c3ccccc3)CC2(c2ccccc2)c2ccccc2)cc1. The minimum absolute atomic E-state index is 0.0495. The molecule has 1 fully saturated rings. The molecule has 0 heterocycles. The second kappa shape index (κ2) is 6.49. The predicted octanol–water partition coefficient (Wildman–Crippen LogP) is 6.67. The quantitative estimate of drug-likeness (QED) is 0.381. The molecule has 0 heteroatoms. The summed E-state index contributed by atoms with van der Waals surface area (Å²) in [5.74, 6) is 0. The molecule has 1 aliphatic carbocycles. The minimum atomic E-state index is -0.0509. The van der Waals surface area contributed by atoms with E-state index < -0.39 is 0 Å². The lowest BCUT2D eigenvalue weighted by molar-refractivity contribution is 0.690. The highest BCUT2D eigenvalue weighted by molar-refractivity contribution is 5.65. The van der Waals surface area contributed by atoms with Gasteiger partial charge in [-0.05, 0) is 35.6 Å². The Morgan fingerprint density at radius 2 is 0.750 bits per heavy atom. The van der Waals surface area contributed by atoms with E-state index >= 15 is 0 Å². The number of rotatable bonds is 4. The standard InChI is InChI=1S/C28H24/c1-22-17-19-26(20-18-22)28(25-15-9-4-10-16-25)21-27(28,23-11-5-2-6-12-23)24-13-7-3-8-14-24/h2-20H,21H2,1H3. The van der Waals surface area contributed by atoms with Gasteiger partial charge in [0.05, 0.1) is 0 Å². The zero-order valence-electron chi connectivity index (χ0n) is 16.2. The lowest BCUT2D eigenvalue weighted by Crippen LogP contribution is -2.25. The molecule has 1 saturated carbocycles. The summed E-state index contributed by atoms with van der Waals surface area (Å²) in [6, 6.07) is 42.3. The lowest BCUT2D eigenvalue weighted by Gasteiger charge is -2.29. The second-order valence-corrected chi connectivity index (χ2v) is 7.95. The van der Waals surface area contributed by atoms with E-state index in [1.54, 1.807) is 0 Å². The van der Waals surface area contributed by atoms with Crippen LogP contribution in [0.4, 0.5) is 0 Å². The maximum Gasteiger partial charge on any atom is 0.0352 e. The first kappa shape index (κ1) is 17.0. The molecule has 0 saturated heterocycles. The molecule has 4 aromatic rings. The van der Waals surface area contributed by atoms with Gasteiger partial charge in [-0.1, -0.05) is 121 Å². The summed E-state index contributed by atoms with van der Waals surface area (Å²) < 4.78 is 0. The van der Waals surface area contributed by atoms with Gasteiger partial charge in [0, 0.05) is 10.8 Å². The van der Waals surface area contributed by atoms with Gasteiger partial charge in [-0.15, -0.1) is 0 Å².